The van der Waals surface area contributed by atoms with E-state index in [2.05, 4.69) is 10.3 Å². The summed E-state index contributed by atoms with van der Waals surface area (Å²) in [7, 11) is 0. The van der Waals surface area contributed by atoms with Gasteiger partial charge >= 0.3 is 0 Å². The van der Waals surface area contributed by atoms with Gasteiger partial charge in [-0.25, -0.2) is 4.98 Å². The van der Waals surface area contributed by atoms with Crippen molar-refractivity contribution in [3.05, 3.63) is 41.5 Å². The normalized spacial score (nSPS) is 13.8. The number of rotatable bonds is 3. The van der Waals surface area contributed by atoms with Crippen LogP contribution in [0.2, 0.25) is 0 Å². The maximum atomic E-state index is 12.2. The fourth-order valence-electron chi connectivity index (χ4n) is 2.74. The van der Waals surface area contributed by atoms with Crippen molar-refractivity contribution in [2.24, 2.45) is 0 Å². The van der Waals surface area contributed by atoms with Gasteiger partial charge in [-0.15, -0.1) is 0 Å². The summed E-state index contributed by atoms with van der Waals surface area (Å²) in [6, 6.07) is 5.56. The Kier molecular flexibility index (Phi) is 3.64. The topological polar surface area (TPSA) is 72.9 Å². The highest BCUT2D eigenvalue weighted by Crippen LogP contribution is 2.20. The van der Waals surface area contributed by atoms with E-state index in [1.54, 1.807) is 12.4 Å². The highest BCUT2D eigenvalue weighted by molar-refractivity contribution is 5.91. The van der Waals surface area contributed by atoms with Crippen molar-refractivity contribution >= 4 is 17.3 Å². The van der Waals surface area contributed by atoms with Crippen LogP contribution in [-0.4, -0.2) is 15.5 Å². The second kappa shape index (κ2) is 5.60. The van der Waals surface area contributed by atoms with Crippen LogP contribution in [0.4, 0.5) is 11.4 Å². The van der Waals surface area contributed by atoms with Gasteiger partial charge in [-0.2, -0.15) is 0 Å². The van der Waals surface area contributed by atoms with Crippen molar-refractivity contribution in [3.8, 4) is 0 Å². The molecule has 1 aliphatic carbocycles. The lowest BCUT2D eigenvalue weighted by Gasteiger charge is -2.14. The fourth-order valence-corrected chi connectivity index (χ4v) is 2.74. The summed E-state index contributed by atoms with van der Waals surface area (Å²) in [5.74, 6) is -0.0518. The quantitative estimate of drug-likeness (QED) is 0.849. The predicted molar refractivity (Wildman–Crippen MR) is 83.1 cm³/mol. The van der Waals surface area contributed by atoms with Crippen LogP contribution in [0.15, 0.2) is 24.5 Å². The first kappa shape index (κ1) is 13.7. The molecule has 1 amide bonds. The van der Waals surface area contributed by atoms with E-state index in [-0.39, 0.29) is 5.91 Å². The molecule has 0 radical (unpaired) electrons. The highest BCUT2D eigenvalue weighted by Gasteiger charge is 2.16. The SMILES string of the molecule is Cc1ccc(NC(=O)Cn2cnc3c2CCCC3)cc1N. The lowest BCUT2D eigenvalue weighted by molar-refractivity contribution is -0.116. The molecule has 0 aliphatic heterocycles. The lowest BCUT2D eigenvalue weighted by atomic mass is 10.0. The number of fused-ring (bicyclic) bond motifs is 1. The minimum atomic E-state index is -0.0518. The van der Waals surface area contributed by atoms with Gasteiger partial charge < -0.3 is 15.6 Å². The zero-order chi connectivity index (χ0) is 14.8. The van der Waals surface area contributed by atoms with E-state index >= 15 is 0 Å². The molecule has 1 heterocycles. The second-order valence-electron chi connectivity index (χ2n) is 5.59. The van der Waals surface area contributed by atoms with Crippen LogP contribution in [0.3, 0.4) is 0 Å². The number of imidazole rings is 1. The number of aromatic nitrogens is 2. The summed E-state index contributed by atoms with van der Waals surface area (Å²) in [5.41, 5.74) is 10.6. The third kappa shape index (κ3) is 2.91. The Labute approximate surface area is 124 Å². The Bertz CT molecular complexity index is 675. The Morgan fingerprint density at radius 1 is 1.38 bits per heavy atom. The number of benzene rings is 1. The number of hydrogen-bond acceptors (Lipinski definition) is 3. The predicted octanol–water partition coefficient (Wildman–Crippen LogP) is 2.29. The van der Waals surface area contributed by atoms with E-state index in [9.17, 15) is 4.79 Å². The van der Waals surface area contributed by atoms with E-state index in [1.807, 2.05) is 23.6 Å². The van der Waals surface area contributed by atoms with Gasteiger partial charge in [-0.3, -0.25) is 4.79 Å². The number of carbonyl (C=O) groups excluding carboxylic acids is 1. The molecule has 2 aromatic rings. The summed E-state index contributed by atoms with van der Waals surface area (Å²) in [6.45, 7) is 2.24. The third-order valence-corrected chi connectivity index (χ3v) is 3.99. The number of nitrogens with two attached hydrogens (primary N) is 1. The van der Waals surface area contributed by atoms with Crippen LogP contribution in [-0.2, 0) is 24.2 Å². The first-order valence-electron chi connectivity index (χ1n) is 7.32. The Morgan fingerprint density at radius 3 is 3.00 bits per heavy atom. The maximum absolute atomic E-state index is 12.2. The van der Waals surface area contributed by atoms with E-state index in [0.717, 1.165) is 29.8 Å². The molecular weight excluding hydrogens is 264 g/mol. The van der Waals surface area contributed by atoms with E-state index < -0.39 is 0 Å². The second-order valence-corrected chi connectivity index (χ2v) is 5.59. The maximum Gasteiger partial charge on any atom is 0.244 e. The van der Waals surface area contributed by atoms with Gasteiger partial charge in [0.1, 0.15) is 6.54 Å². The number of hydrogen-bond donors (Lipinski definition) is 2. The molecule has 21 heavy (non-hydrogen) atoms. The standard InChI is InChI=1S/C16H20N4O/c1-11-6-7-12(8-13(11)17)19-16(21)9-20-10-18-14-4-2-3-5-15(14)20/h6-8,10H,2-5,9,17H2,1H3,(H,19,21). The molecular formula is C16H20N4O. The van der Waals surface area contributed by atoms with Crippen LogP contribution in [0.25, 0.3) is 0 Å². The molecule has 0 bridgehead atoms. The Hall–Kier alpha value is -2.30. The molecule has 0 saturated heterocycles. The molecule has 0 spiro atoms. The van der Waals surface area contributed by atoms with Gasteiger partial charge in [0.15, 0.2) is 0 Å². The average molecular weight is 284 g/mol. The summed E-state index contributed by atoms with van der Waals surface area (Å²) in [5, 5.41) is 2.89. The van der Waals surface area contributed by atoms with Crippen molar-refractivity contribution < 1.29 is 4.79 Å². The smallest absolute Gasteiger partial charge is 0.244 e. The molecule has 5 nitrogen and oxygen atoms in total. The first-order valence-corrected chi connectivity index (χ1v) is 7.32. The highest BCUT2D eigenvalue weighted by atomic mass is 16.1. The number of nitrogen functional groups attached to an aromatic ring is 1. The molecule has 5 heteroatoms. The lowest BCUT2D eigenvalue weighted by Crippen LogP contribution is -2.20. The van der Waals surface area contributed by atoms with E-state index in [4.69, 9.17) is 5.73 Å². The number of nitrogens with one attached hydrogen (secondary N) is 1. The first-order chi connectivity index (χ1) is 10.1. The average Bonchev–Trinajstić information content (AvgIpc) is 2.86. The van der Waals surface area contributed by atoms with Gasteiger partial charge in [0.2, 0.25) is 5.91 Å². The van der Waals surface area contributed by atoms with Crippen molar-refractivity contribution in [3.63, 3.8) is 0 Å². The summed E-state index contributed by atoms with van der Waals surface area (Å²) >= 11 is 0. The van der Waals surface area contributed by atoms with Gasteiger partial charge in [0, 0.05) is 17.1 Å². The molecule has 110 valence electrons. The van der Waals surface area contributed by atoms with Crippen molar-refractivity contribution in [1.82, 2.24) is 9.55 Å². The molecule has 0 atom stereocenters. The van der Waals surface area contributed by atoms with E-state index in [0.29, 0.717) is 12.2 Å². The monoisotopic (exact) mass is 284 g/mol. The van der Waals surface area contributed by atoms with Crippen molar-refractivity contribution in [2.45, 2.75) is 39.2 Å². The van der Waals surface area contributed by atoms with Gasteiger partial charge in [0.05, 0.1) is 12.0 Å². The molecule has 0 fully saturated rings. The van der Waals surface area contributed by atoms with Gasteiger partial charge in [-0.1, -0.05) is 6.07 Å². The Morgan fingerprint density at radius 2 is 2.19 bits per heavy atom. The van der Waals surface area contributed by atoms with Crippen molar-refractivity contribution in [1.29, 1.82) is 0 Å². The number of nitrogens with zero attached hydrogens (tertiary/aromatic N) is 2. The van der Waals surface area contributed by atoms with Crippen molar-refractivity contribution in [2.75, 3.05) is 11.1 Å². The summed E-state index contributed by atoms with van der Waals surface area (Å²) in [6.07, 6.45) is 6.19. The van der Waals surface area contributed by atoms with Gasteiger partial charge in [-0.05, 0) is 50.3 Å². The summed E-state index contributed by atoms with van der Waals surface area (Å²) < 4.78 is 1.96. The van der Waals surface area contributed by atoms with E-state index in [1.165, 1.54) is 18.5 Å². The number of anilines is 2. The molecule has 1 aliphatic rings. The van der Waals surface area contributed by atoms with Crippen LogP contribution in [0, 0.1) is 6.92 Å². The number of amides is 1. The molecule has 1 aromatic carbocycles. The fraction of sp³-hybridized carbons (Fsp3) is 0.375. The molecule has 1 aromatic heterocycles. The van der Waals surface area contributed by atoms with Crippen LogP contribution >= 0.6 is 0 Å². The molecule has 0 saturated carbocycles. The third-order valence-electron chi connectivity index (χ3n) is 3.99. The zero-order valence-corrected chi connectivity index (χ0v) is 12.2. The number of aryl methyl sites for hydroxylation is 2. The minimum Gasteiger partial charge on any atom is -0.398 e. The molecule has 3 N–H and O–H groups in total. The van der Waals surface area contributed by atoms with Gasteiger partial charge in [0.25, 0.3) is 0 Å². The van der Waals surface area contributed by atoms with Crippen LogP contribution in [0.5, 0.6) is 0 Å². The number of carbonyl (C=O) groups is 1. The molecule has 0 unspecified atom stereocenters. The molecule has 3 rings (SSSR count). The summed E-state index contributed by atoms with van der Waals surface area (Å²) in [4.78, 5) is 16.6. The largest absolute Gasteiger partial charge is 0.398 e. The van der Waals surface area contributed by atoms with Crippen LogP contribution < -0.4 is 11.1 Å². The Balaban J connectivity index is 1.69. The zero-order valence-electron chi connectivity index (χ0n) is 12.2. The van der Waals surface area contributed by atoms with Crippen LogP contribution in [0.1, 0.15) is 29.8 Å². The minimum absolute atomic E-state index is 0.0518.